The van der Waals surface area contributed by atoms with Gasteiger partial charge in [0.05, 0.1) is 16.9 Å². The van der Waals surface area contributed by atoms with Crippen molar-refractivity contribution in [3.63, 3.8) is 0 Å². The Labute approximate surface area is 115 Å². The van der Waals surface area contributed by atoms with Crippen LogP contribution in [0.4, 0.5) is 17.1 Å². The molecule has 102 valence electrons. The SMILES string of the molecule is CCc1ccccc1Nc1cc2[nH]c(=O)oc2cc1N. The molecule has 5 heteroatoms. The van der Waals surface area contributed by atoms with Crippen LogP contribution in [0, 0.1) is 0 Å². The van der Waals surface area contributed by atoms with Crippen LogP contribution in [0.2, 0.25) is 0 Å². The molecule has 3 aromatic rings. The van der Waals surface area contributed by atoms with Crippen molar-refractivity contribution in [2.24, 2.45) is 0 Å². The van der Waals surface area contributed by atoms with Crippen LogP contribution in [0.15, 0.2) is 45.6 Å². The Morgan fingerprint density at radius 1 is 1.25 bits per heavy atom. The summed E-state index contributed by atoms with van der Waals surface area (Å²) in [6.07, 6.45) is 0.924. The smallest absolute Gasteiger partial charge is 0.408 e. The molecule has 2 aromatic carbocycles. The summed E-state index contributed by atoms with van der Waals surface area (Å²) in [4.78, 5) is 13.8. The van der Waals surface area contributed by atoms with Gasteiger partial charge in [0.15, 0.2) is 5.58 Å². The van der Waals surface area contributed by atoms with Gasteiger partial charge in [-0.2, -0.15) is 0 Å². The first-order chi connectivity index (χ1) is 9.67. The highest BCUT2D eigenvalue weighted by Gasteiger charge is 2.08. The number of aromatic nitrogens is 1. The van der Waals surface area contributed by atoms with Crippen molar-refractivity contribution in [3.8, 4) is 0 Å². The lowest BCUT2D eigenvalue weighted by Gasteiger charge is -2.12. The second-order valence-electron chi connectivity index (χ2n) is 4.59. The first-order valence-electron chi connectivity index (χ1n) is 6.44. The van der Waals surface area contributed by atoms with Crippen LogP contribution >= 0.6 is 0 Å². The number of nitrogens with one attached hydrogen (secondary N) is 2. The lowest BCUT2D eigenvalue weighted by Crippen LogP contribution is -1.99. The van der Waals surface area contributed by atoms with Crippen molar-refractivity contribution in [2.75, 3.05) is 11.1 Å². The van der Waals surface area contributed by atoms with E-state index >= 15 is 0 Å². The summed E-state index contributed by atoms with van der Waals surface area (Å²) >= 11 is 0. The summed E-state index contributed by atoms with van der Waals surface area (Å²) in [5.41, 5.74) is 10.6. The van der Waals surface area contributed by atoms with Crippen molar-refractivity contribution >= 4 is 28.2 Å². The van der Waals surface area contributed by atoms with E-state index in [1.807, 2.05) is 18.2 Å². The summed E-state index contributed by atoms with van der Waals surface area (Å²) in [5, 5.41) is 3.30. The van der Waals surface area contributed by atoms with Crippen molar-refractivity contribution in [3.05, 3.63) is 52.5 Å². The molecule has 20 heavy (non-hydrogen) atoms. The van der Waals surface area contributed by atoms with Crippen LogP contribution in [0.5, 0.6) is 0 Å². The molecule has 0 saturated heterocycles. The van der Waals surface area contributed by atoms with Gasteiger partial charge in [-0.05, 0) is 24.1 Å². The average Bonchev–Trinajstić information content (AvgIpc) is 2.79. The molecule has 0 fully saturated rings. The molecular formula is C15H15N3O2. The molecule has 0 aliphatic rings. The lowest BCUT2D eigenvalue weighted by molar-refractivity contribution is 0.555. The number of rotatable bonds is 3. The number of nitrogens with two attached hydrogens (primary N) is 1. The summed E-state index contributed by atoms with van der Waals surface area (Å²) in [5.74, 6) is -0.481. The number of aromatic amines is 1. The molecule has 3 rings (SSSR count). The molecule has 0 unspecified atom stereocenters. The van der Waals surface area contributed by atoms with Gasteiger partial charge in [-0.3, -0.25) is 4.98 Å². The highest BCUT2D eigenvalue weighted by atomic mass is 16.4. The van der Waals surface area contributed by atoms with E-state index in [0.717, 1.165) is 17.8 Å². The third kappa shape index (κ3) is 2.14. The summed E-state index contributed by atoms with van der Waals surface area (Å²) in [6, 6.07) is 11.5. The average molecular weight is 269 g/mol. The number of para-hydroxylation sites is 1. The predicted octanol–water partition coefficient (Wildman–Crippen LogP) is 3.01. The van der Waals surface area contributed by atoms with Crippen LogP contribution in [0.1, 0.15) is 12.5 Å². The monoisotopic (exact) mass is 269 g/mol. The van der Waals surface area contributed by atoms with Gasteiger partial charge in [-0.15, -0.1) is 0 Å². The van der Waals surface area contributed by atoms with Crippen LogP contribution in [-0.4, -0.2) is 4.98 Å². The van der Waals surface area contributed by atoms with Gasteiger partial charge in [-0.25, -0.2) is 4.79 Å². The number of hydrogen-bond donors (Lipinski definition) is 3. The van der Waals surface area contributed by atoms with Crippen LogP contribution < -0.4 is 16.8 Å². The van der Waals surface area contributed by atoms with Crippen molar-refractivity contribution in [1.82, 2.24) is 4.98 Å². The lowest BCUT2D eigenvalue weighted by atomic mass is 10.1. The number of benzene rings is 2. The fourth-order valence-electron chi connectivity index (χ4n) is 2.22. The van der Waals surface area contributed by atoms with E-state index in [1.54, 1.807) is 12.1 Å². The molecule has 0 bridgehead atoms. The molecule has 0 spiro atoms. The van der Waals surface area contributed by atoms with Crippen LogP contribution in [-0.2, 0) is 6.42 Å². The Hall–Kier alpha value is -2.69. The third-order valence-electron chi connectivity index (χ3n) is 3.26. The van der Waals surface area contributed by atoms with E-state index in [4.69, 9.17) is 10.2 Å². The molecule has 0 saturated carbocycles. The predicted molar refractivity (Wildman–Crippen MR) is 80.3 cm³/mol. The number of aryl methyl sites for hydroxylation is 1. The number of nitrogen functional groups attached to an aromatic ring is 1. The summed E-state index contributed by atoms with van der Waals surface area (Å²) < 4.78 is 4.98. The van der Waals surface area contributed by atoms with Gasteiger partial charge in [0.2, 0.25) is 0 Å². The topological polar surface area (TPSA) is 84.0 Å². The van der Waals surface area contributed by atoms with E-state index in [1.165, 1.54) is 5.56 Å². The second kappa shape index (κ2) is 4.77. The first-order valence-corrected chi connectivity index (χ1v) is 6.44. The van der Waals surface area contributed by atoms with E-state index in [0.29, 0.717) is 16.8 Å². The minimum atomic E-state index is -0.481. The zero-order valence-electron chi connectivity index (χ0n) is 11.1. The second-order valence-corrected chi connectivity index (χ2v) is 4.59. The molecule has 0 aliphatic heterocycles. The van der Waals surface area contributed by atoms with Crippen molar-refractivity contribution in [1.29, 1.82) is 0 Å². The van der Waals surface area contributed by atoms with E-state index < -0.39 is 5.76 Å². The molecular weight excluding hydrogens is 254 g/mol. The molecule has 1 heterocycles. The minimum absolute atomic E-state index is 0.460. The summed E-state index contributed by atoms with van der Waals surface area (Å²) in [7, 11) is 0. The quantitative estimate of drug-likeness (QED) is 0.638. The molecule has 0 radical (unpaired) electrons. The normalized spacial score (nSPS) is 10.8. The number of H-pyrrole nitrogens is 1. The fourth-order valence-corrected chi connectivity index (χ4v) is 2.22. The maximum Gasteiger partial charge on any atom is 0.417 e. The largest absolute Gasteiger partial charge is 0.417 e. The first kappa shape index (κ1) is 12.3. The van der Waals surface area contributed by atoms with Crippen LogP contribution in [0.25, 0.3) is 11.1 Å². The van der Waals surface area contributed by atoms with Gasteiger partial charge in [-0.1, -0.05) is 25.1 Å². The molecule has 4 N–H and O–H groups in total. The number of oxazole rings is 1. The Morgan fingerprint density at radius 2 is 2.05 bits per heavy atom. The minimum Gasteiger partial charge on any atom is -0.408 e. The van der Waals surface area contributed by atoms with Crippen LogP contribution in [0.3, 0.4) is 0 Å². The molecule has 1 aromatic heterocycles. The Morgan fingerprint density at radius 3 is 2.85 bits per heavy atom. The van der Waals surface area contributed by atoms with Crippen molar-refractivity contribution in [2.45, 2.75) is 13.3 Å². The maximum absolute atomic E-state index is 11.2. The van der Waals surface area contributed by atoms with Gasteiger partial charge in [0, 0.05) is 11.8 Å². The fraction of sp³-hybridized carbons (Fsp3) is 0.133. The molecule has 0 amide bonds. The number of anilines is 3. The maximum atomic E-state index is 11.2. The highest BCUT2D eigenvalue weighted by Crippen LogP contribution is 2.29. The number of hydrogen-bond acceptors (Lipinski definition) is 4. The standard InChI is InChI=1S/C15H15N3O2/c1-2-9-5-3-4-6-11(9)17-12-8-13-14(7-10(12)16)20-15(19)18-13/h3-8,17H,2,16H2,1H3,(H,18,19). The van der Waals surface area contributed by atoms with E-state index in [9.17, 15) is 4.79 Å². The van der Waals surface area contributed by atoms with E-state index in [-0.39, 0.29) is 0 Å². The van der Waals surface area contributed by atoms with Gasteiger partial charge in [0.25, 0.3) is 0 Å². The Kier molecular flexibility index (Phi) is 2.95. The van der Waals surface area contributed by atoms with Crippen molar-refractivity contribution < 1.29 is 4.42 Å². The zero-order chi connectivity index (χ0) is 14.1. The molecule has 5 nitrogen and oxygen atoms in total. The highest BCUT2D eigenvalue weighted by molar-refractivity contribution is 5.87. The Balaban J connectivity index is 2.05. The van der Waals surface area contributed by atoms with E-state index in [2.05, 4.69) is 23.3 Å². The van der Waals surface area contributed by atoms with Gasteiger partial charge >= 0.3 is 5.76 Å². The zero-order valence-corrected chi connectivity index (χ0v) is 11.1. The van der Waals surface area contributed by atoms with Gasteiger partial charge < -0.3 is 15.5 Å². The number of fused-ring (bicyclic) bond motifs is 1. The van der Waals surface area contributed by atoms with Gasteiger partial charge in [0.1, 0.15) is 0 Å². The summed E-state index contributed by atoms with van der Waals surface area (Å²) in [6.45, 7) is 2.10. The molecule has 0 atom stereocenters. The molecule has 0 aliphatic carbocycles. The Bertz CT molecular complexity index is 817. The third-order valence-corrected chi connectivity index (χ3v) is 3.26.